The molecule has 4 fully saturated rings. The lowest BCUT2D eigenvalue weighted by atomic mass is 9.53. The molecule has 2 N–H and O–H groups in total. The SMILES string of the molecule is O=C(NN=Cc1ccc(OC(F)(F)F)cc1)NC12CC3CC(CC(C3)C1)C2. The molecule has 2 amide bonds. The lowest BCUT2D eigenvalue weighted by molar-refractivity contribution is -0.274. The summed E-state index contributed by atoms with van der Waals surface area (Å²) in [5.74, 6) is 1.90. The van der Waals surface area contributed by atoms with E-state index in [1.54, 1.807) is 0 Å². The van der Waals surface area contributed by atoms with E-state index in [0.717, 1.165) is 37.0 Å². The third kappa shape index (κ3) is 4.36. The topological polar surface area (TPSA) is 62.7 Å². The Balaban J connectivity index is 1.29. The van der Waals surface area contributed by atoms with Crippen molar-refractivity contribution in [1.29, 1.82) is 0 Å². The van der Waals surface area contributed by atoms with Gasteiger partial charge in [0.15, 0.2) is 0 Å². The van der Waals surface area contributed by atoms with Gasteiger partial charge in [0.2, 0.25) is 0 Å². The van der Waals surface area contributed by atoms with Gasteiger partial charge in [-0.1, -0.05) is 0 Å². The van der Waals surface area contributed by atoms with Gasteiger partial charge in [-0.2, -0.15) is 5.10 Å². The fourth-order valence-electron chi connectivity index (χ4n) is 5.45. The van der Waals surface area contributed by atoms with Gasteiger partial charge in [-0.3, -0.25) is 0 Å². The third-order valence-electron chi connectivity index (χ3n) is 5.91. The number of carbonyl (C=O) groups is 1. The van der Waals surface area contributed by atoms with E-state index in [4.69, 9.17) is 0 Å². The maximum atomic E-state index is 12.2. The molecule has 1 aromatic carbocycles. The van der Waals surface area contributed by atoms with Gasteiger partial charge in [0.25, 0.3) is 0 Å². The number of carbonyl (C=O) groups excluding carboxylic acids is 1. The van der Waals surface area contributed by atoms with Gasteiger partial charge in [0.1, 0.15) is 5.75 Å². The second-order valence-electron chi connectivity index (χ2n) is 8.14. The second kappa shape index (κ2) is 6.73. The molecule has 0 unspecified atom stereocenters. The first-order valence-electron chi connectivity index (χ1n) is 9.26. The number of amides is 2. The van der Waals surface area contributed by atoms with Crippen molar-refractivity contribution >= 4 is 12.2 Å². The van der Waals surface area contributed by atoms with Crippen LogP contribution in [0.4, 0.5) is 18.0 Å². The Hall–Kier alpha value is -2.25. The minimum Gasteiger partial charge on any atom is -0.406 e. The van der Waals surface area contributed by atoms with Crippen LogP contribution in [0.15, 0.2) is 29.4 Å². The monoisotopic (exact) mass is 381 g/mol. The van der Waals surface area contributed by atoms with E-state index in [2.05, 4.69) is 20.6 Å². The largest absolute Gasteiger partial charge is 0.573 e. The van der Waals surface area contributed by atoms with Gasteiger partial charge in [0, 0.05) is 5.54 Å². The number of ether oxygens (including phenoxy) is 1. The first kappa shape index (κ1) is 18.1. The quantitative estimate of drug-likeness (QED) is 0.607. The molecule has 0 radical (unpaired) electrons. The van der Waals surface area contributed by atoms with E-state index in [9.17, 15) is 18.0 Å². The van der Waals surface area contributed by atoms with Gasteiger partial charge < -0.3 is 10.1 Å². The van der Waals surface area contributed by atoms with Crippen LogP contribution in [0.3, 0.4) is 0 Å². The average Bonchev–Trinajstić information content (AvgIpc) is 2.53. The molecule has 8 heteroatoms. The van der Waals surface area contributed by atoms with Crippen LogP contribution in [0.2, 0.25) is 0 Å². The summed E-state index contributed by atoms with van der Waals surface area (Å²) in [6.45, 7) is 0. The number of nitrogens with zero attached hydrogens (tertiary/aromatic N) is 1. The standard InChI is InChI=1S/C19H22F3N3O2/c20-19(21,22)27-16-3-1-12(2-4-16)11-23-25-17(26)24-18-8-13-5-14(9-18)7-15(6-13)10-18/h1-4,11,13-15H,5-10H2,(H2,24,25,26). The van der Waals surface area contributed by atoms with Crippen molar-refractivity contribution in [2.24, 2.45) is 22.9 Å². The maximum absolute atomic E-state index is 12.2. The molecule has 4 aliphatic carbocycles. The number of rotatable bonds is 4. The number of hydrazone groups is 1. The fourth-order valence-corrected chi connectivity index (χ4v) is 5.45. The number of nitrogens with one attached hydrogen (secondary N) is 2. The van der Waals surface area contributed by atoms with Crippen molar-refractivity contribution in [3.8, 4) is 5.75 Å². The number of alkyl halides is 3. The summed E-state index contributed by atoms with van der Waals surface area (Å²) in [6.07, 6.45) is 3.73. The lowest BCUT2D eigenvalue weighted by Gasteiger charge is -2.56. The first-order valence-corrected chi connectivity index (χ1v) is 9.26. The molecule has 4 saturated carbocycles. The van der Waals surface area contributed by atoms with Crippen LogP contribution in [-0.2, 0) is 0 Å². The minimum atomic E-state index is -4.72. The van der Waals surface area contributed by atoms with E-state index in [1.807, 2.05) is 0 Å². The number of hydrogen-bond donors (Lipinski definition) is 2. The third-order valence-corrected chi connectivity index (χ3v) is 5.91. The predicted octanol–water partition coefficient (Wildman–Crippen LogP) is 4.19. The van der Waals surface area contributed by atoms with Gasteiger partial charge in [-0.25, -0.2) is 10.2 Å². The summed E-state index contributed by atoms with van der Waals surface area (Å²) in [6, 6.07) is 4.94. The molecule has 0 heterocycles. The summed E-state index contributed by atoms with van der Waals surface area (Å²) >= 11 is 0. The number of benzene rings is 1. The van der Waals surface area contributed by atoms with E-state index in [-0.39, 0.29) is 17.3 Å². The fraction of sp³-hybridized carbons (Fsp3) is 0.579. The Morgan fingerprint density at radius 3 is 2.15 bits per heavy atom. The summed E-state index contributed by atoms with van der Waals surface area (Å²) in [5.41, 5.74) is 2.93. The van der Waals surface area contributed by atoms with Gasteiger partial charge >= 0.3 is 12.4 Å². The number of halogens is 3. The molecule has 27 heavy (non-hydrogen) atoms. The summed E-state index contributed by atoms with van der Waals surface area (Å²) < 4.78 is 40.2. The highest BCUT2D eigenvalue weighted by molar-refractivity contribution is 5.82. The highest BCUT2D eigenvalue weighted by Crippen LogP contribution is 2.55. The number of urea groups is 1. The molecule has 5 nitrogen and oxygen atoms in total. The average molecular weight is 381 g/mol. The molecule has 0 atom stereocenters. The van der Waals surface area contributed by atoms with Crippen molar-refractivity contribution < 1.29 is 22.7 Å². The molecule has 0 aliphatic heterocycles. The van der Waals surface area contributed by atoms with Crippen LogP contribution in [0.1, 0.15) is 44.1 Å². The minimum absolute atomic E-state index is 0.0923. The van der Waals surface area contributed by atoms with Crippen molar-refractivity contribution in [1.82, 2.24) is 10.7 Å². The molecular weight excluding hydrogens is 359 g/mol. The second-order valence-corrected chi connectivity index (χ2v) is 8.14. The molecular formula is C19H22F3N3O2. The molecule has 5 rings (SSSR count). The molecule has 0 saturated heterocycles. The van der Waals surface area contributed by atoms with E-state index in [0.29, 0.717) is 5.56 Å². The van der Waals surface area contributed by atoms with Crippen LogP contribution in [0.5, 0.6) is 5.75 Å². The first-order chi connectivity index (χ1) is 12.8. The van der Waals surface area contributed by atoms with E-state index >= 15 is 0 Å². The molecule has 1 aromatic rings. The summed E-state index contributed by atoms with van der Waals surface area (Å²) in [7, 11) is 0. The normalized spacial score (nSPS) is 31.9. The Bertz CT molecular complexity index is 695. The molecule has 0 aromatic heterocycles. The Kier molecular flexibility index (Phi) is 4.52. The highest BCUT2D eigenvalue weighted by Gasteiger charge is 2.51. The van der Waals surface area contributed by atoms with Crippen LogP contribution >= 0.6 is 0 Å². The van der Waals surface area contributed by atoms with Crippen LogP contribution in [-0.4, -0.2) is 24.1 Å². The van der Waals surface area contributed by atoms with Crippen molar-refractivity contribution in [2.75, 3.05) is 0 Å². The van der Waals surface area contributed by atoms with Crippen molar-refractivity contribution in [3.63, 3.8) is 0 Å². The summed E-state index contributed by atoms with van der Waals surface area (Å²) in [4.78, 5) is 12.2. The van der Waals surface area contributed by atoms with Crippen molar-refractivity contribution in [2.45, 2.75) is 50.4 Å². The molecule has 4 aliphatic rings. The van der Waals surface area contributed by atoms with Crippen LogP contribution in [0.25, 0.3) is 0 Å². The van der Waals surface area contributed by atoms with E-state index in [1.165, 1.54) is 49.7 Å². The zero-order valence-electron chi connectivity index (χ0n) is 14.8. The van der Waals surface area contributed by atoms with Gasteiger partial charge in [-0.05, 0) is 86.1 Å². The van der Waals surface area contributed by atoms with Gasteiger partial charge in [-0.15, -0.1) is 13.2 Å². The zero-order valence-corrected chi connectivity index (χ0v) is 14.8. The Labute approximate surface area is 155 Å². The predicted molar refractivity (Wildman–Crippen MR) is 93.3 cm³/mol. The zero-order chi connectivity index (χ0) is 19.1. The molecule has 146 valence electrons. The molecule has 4 bridgehead atoms. The Morgan fingerprint density at radius 2 is 1.63 bits per heavy atom. The highest BCUT2D eigenvalue weighted by atomic mass is 19.4. The van der Waals surface area contributed by atoms with E-state index < -0.39 is 6.36 Å². The smallest absolute Gasteiger partial charge is 0.406 e. The van der Waals surface area contributed by atoms with Crippen LogP contribution < -0.4 is 15.5 Å². The van der Waals surface area contributed by atoms with Gasteiger partial charge in [0.05, 0.1) is 6.21 Å². The molecule has 0 spiro atoms. The summed E-state index contributed by atoms with van der Waals surface area (Å²) in [5, 5.41) is 7.03. The van der Waals surface area contributed by atoms with Crippen LogP contribution in [0, 0.1) is 17.8 Å². The lowest BCUT2D eigenvalue weighted by Crippen LogP contribution is -2.61. The number of hydrogen-bond acceptors (Lipinski definition) is 3. The maximum Gasteiger partial charge on any atom is 0.573 e. The Morgan fingerprint density at radius 1 is 1.07 bits per heavy atom. The van der Waals surface area contributed by atoms with Crippen molar-refractivity contribution in [3.05, 3.63) is 29.8 Å².